The highest BCUT2D eigenvalue weighted by Crippen LogP contribution is 2.39. The molecule has 1 aliphatic heterocycles. The largest absolute Gasteiger partial charge is 0.508 e. The smallest absolute Gasteiger partial charge is 0.319 e. The van der Waals surface area contributed by atoms with Crippen LogP contribution in [0.1, 0.15) is 16.7 Å². The van der Waals surface area contributed by atoms with E-state index in [-0.39, 0.29) is 25.5 Å². The number of carbonyl (C=O) groups is 1. The van der Waals surface area contributed by atoms with Gasteiger partial charge in [-0.25, -0.2) is 4.79 Å². The van der Waals surface area contributed by atoms with Crippen LogP contribution in [0, 0.1) is 12.8 Å². The number of ether oxygens (including phenoxy) is 1. The van der Waals surface area contributed by atoms with Gasteiger partial charge in [-0.05, 0) is 36.2 Å². The minimum Gasteiger partial charge on any atom is -0.508 e. The number of aliphatic hydroxyl groups is 5. The zero-order valence-corrected chi connectivity index (χ0v) is 20.1. The van der Waals surface area contributed by atoms with Gasteiger partial charge in [0.05, 0.1) is 31.2 Å². The highest BCUT2D eigenvalue weighted by atomic mass is 32.2. The Morgan fingerprint density at radius 2 is 1.77 bits per heavy atom. The molecular formula is C24H32N2O8S. The summed E-state index contributed by atoms with van der Waals surface area (Å²) in [5, 5.41) is 63.7. The fourth-order valence-corrected chi connectivity index (χ4v) is 5.27. The predicted octanol–water partition coefficient (Wildman–Crippen LogP) is 0.548. The zero-order chi connectivity index (χ0) is 25.5. The van der Waals surface area contributed by atoms with E-state index in [4.69, 9.17) is 9.84 Å². The van der Waals surface area contributed by atoms with Gasteiger partial charge in [-0.2, -0.15) is 0 Å². The number of hydrogen-bond acceptors (Lipinski definition) is 9. The Bertz CT molecular complexity index is 990. The maximum atomic E-state index is 11.8. The van der Waals surface area contributed by atoms with E-state index in [1.54, 1.807) is 18.2 Å². The molecule has 5 atom stereocenters. The monoisotopic (exact) mass is 508 g/mol. The van der Waals surface area contributed by atoms with Gasteiger partial charge in [0.1, 0.15) is 17.6 Å². The summed E-state index contributed by atoms with van der Waals surface area (Å²) in [7, 11) is 0. The fraction of sp³-hybridized carbons (Fsp3) is 0.458. The maximum Gasteiger partial charge on any atom is 0.319 e. The summed E-state index contributed by atoms with van der Waals surface area (Å²) in [4.78, 5) is 11.8. The summed E-state index contributed by atoms with van der Waals surface area (Å²) >= 11 is 1.07. The Labute approximate surface area is 207 Å². The molecule has 10 nitrogen and oxygen atoms in total. The number of aryl methyl sites for hydroxylation is 1. The van der Waals surface area contributed by atoms with Crippen molar-refractivity contribution >= 4 is 23.5 Å². The molecule has 0 radical (unpaired) electrons. The molecule has 0 spiro atoms. The van der Waals surface area contributed by atoms with E-state index in [1.807, 2.05) is 19.1 Å². The third-order valence-corrected chi connectivity index (χ3v) is 7.31. The van der Waals surface area contributed by atoms with Crippen molar-refractivity contribution in [2.24, 2.45) is 5.92 Å². The van der Waals surface area contributed by atoms with E-state index in [0.29, 0.717) is 17.9 Å². The van der Waals surface area contributed by atoms with Gasteiger partial charge < -0.3 is 46.0 Å². The van der Waals surface area contributed by atoms with Crippen LogP contribution in [0.15, 0.2) is 36.4 Å². The summed E-state index contributed by atoms with van der Waals surface area (Å²) < 4.78 is 6.09. The Morgan fingerprint density at radius 1 is 1.06 bits per heavy atom. The van der Waals surface area contributed by atoms with Gasteiger partial charge in [0.2, 0.25) is 0 Å². The average molecular weight is 509 g/mol. The molecule has 3 rings (SSSR count). The minimum absolute atomic E-state index is 0.0116. The fourth-order valence-electron chi connectivity index (χ4n) is 3.96. The molecule has 0 aliphatic carbocycles. The molecule has 11 heteroatoms. The molecule has 8 N–H and O–H groups in total. The van der Waals surface area contributed by atoms with Crippen LogP contribution < -0.4 is 15.4 Å². The number of thioether (sulfide) groups is 1. The second kappa shape index (κ2) is 12.4. The van der Waals surface area contributed by atoms with E-state index in [1.165, 1.54) is 6.07 Å². The Hall–Kier alpha value is -2.54. The number of aliphatic hydroxyl groups excluding tert-OH is 5. The molecule has 2 aromatic rings. The number of hydrogen-bond donors (Lipinski definition) is 8. The van der Waals surface area contributed by atoms with Crippen LogP contribution in [0.2, 0.25) is 0 Å². The lowest BCUT2D eigenvalue weighted by Gasteiger charge is -2.41. The van der Waals surface area contributed by atoms with Crippen molar-refractivity contribution in [1.82, 2.24) is 5.32 Å². The molecule has 35 heavy (non-hydrogen) atoms. The lowest BCUT2D eigenvalue weighted by Crippen LogP contribution is -2.53. The summed E-state index contributed by atoms with van der Waals surface area (Å²) in [6.07, 6.45) is -1.85. The van der Waals surface area contributed by atoms with E-state index >= 15 is 0 Å². The summed E-state index contributed by atoms with van der Waals surface area (Å²) in [6.45, 7) is 1.01. The first-order valence-electron chi connectivity index (χ1n) is 11.2. The van der Waals surface area contributed by atoms with Crippen molar-refractivity contribution in [2.45, 2.75) is 36.2 Å². The SMILES string of the molecule is Cc1cc(O)cc(O[C@@H]2S[C@H](CO)[C@@H](O)C(CO)[C@H]2O)c1Cc1ccc(NC(=O)NCCO)cc1. The lowest BCUT2D eigenvalue weighted by molar-refractivity contribution is -0.0569. The van der Waals surface area contributed by atoms with Crippen LogP contribution in [0.3, 0.4) is 0 Å². The number of urea groups is 1. The highest BCUT2D eigenvalue weighted by molar-refractivity contribution is 8.00. The molecule has 192 valence electrons. The number of anilines is 1. The van der Waals surface area contributed by atoms with Crippen LogP contribution in [0.4, 0.5) is 10.5 Å². The second-order valence-electron chi connectivity index (χ2n) is 8.39. The molecule has 0 aromatic heterocycles. The molecule has 1 aliphatic rings. The number of phenols is 1. The molecule has 1 saturated heterocycles. The van der Waals surface area contributed by atoms with Gasteiger partial charge >= 0.3 is 6.03 Å². The molecule has 1 fully saturated rings. The summed E-state index contributed by atoms with van der Waals surface area (Å²) in [5.74, 6) is -0.549. The Balaban J connectivity index is 1.79. The molecule has 2 aromatic carbocycles. The number of phenolic OH excluding ortho intramolecular Hbond substituents is 1. The molecular weight excluding hydrogens is 476 g/mol. The second-order valence-corrected chi connectivity index (χ2v) is 9.73. The van der Waals surface area contributed by atoms with Crippen LogP contribution in [-0.4, -0.2) is 85.9 Å². The van der Waals surface area contributed by atoms with Crippen LogP contribution >= 0.6 is 11.8 Å². The van der Waals surface area contributed by atoms with Gasteiger partial charge in [-0.3, -0.25) is 0 Å². The van der Waals surface area contributed by atoms with Crippen molar-refractivity contribution in [3.05, 3.63) is 53.1 Å². The first kappa shape index (κ1) is 27.1. The van der Waals surface area contributed by atoms with Gasteiger partial charge in [0.15, 0.2) is 5.44 Å². The topological polar surface area (TPSA) is 172 Å². The van der Waals surface area contributed by atoms with Crippen molar-refractivity contribution < 1.29 is 40.2 Å². The third kappa shape index (κ3) is 6.78. The molecule has 0 bridgehead atoms. The first-order chi connectivity index (χ1) is 16.8. The van der Waals surface area contributed by atoms with Gasteiger partial charge in [-0.15, -0.1) is 11.8 Å². The number of nitrogens with one attached hydrogen (secondary N) is 2. The van der Waals surface area contributed by atoms with Gasteiger partial charge in [0, 0.05) is 36.2 Å². The standard InChI is InChI=1S/C24H32N2O8S/c1-13-8-16(30)10-19(34-23-22(32)18(11-28)21(31)20(12-29)35-23)17(13)9-14-2-4-15(5-3-14)26-24(33)25-6-7-27/h2-5,8,10,18,20-23,27-32H,6-7,9,11-12H2,1H3,(H2,25,26,33)/t18?,20-,21+,22-,23-/m1/s1. The Kier molecular flexibility index (Phi) is 9.61. The number of aromatic hydroxyl groups is 1. The molecule has 2 amide bonds. The van der Waals surface area contributed by atoms with Crippen LogP contribution in [-0.2, 0) is 6.42 Å². The van der Waals surface area contributed by atoms with E-state index in [2.05, 4.69) is 10.6 Å². The van der Waals surface area contributed by atoms with E-state index in [0.717, 1.165) is 28.5 Å². The first-order valence-corrected chi connectivity index (χ1v) is 12.2. The normalized spacial score (nSPS) is 24.1. The summed E-state index contributed by atoms with van der Waals surface area (Å²) in [5.41, 5.74) is 2.13. The number of rotatable bonds is 9. The molecule has 1 unspecified atom stereocenters. The van der Waals surface area contributed by atoms with Crippen molar-refractivity contribution in [2.75, 3.05) is 31.7 Å². The maximum absolute atomic E-state index is 11.8. The number of amides is 2. The van der Waals surface area contributed by atoms with E-state index < -0.39 is 41.4 Å². The third-order valence-electron chi connectivity index (χ3n) is 5.89. The van der Waals surface area contributed by atoms with Crippen LogP contribution in [0.25, 0.3) is 0 Å². The minimum atomic E-state index is -1.19. The zero-order valence-electron chi connectivity index (χ0n) is 19.3. The predicted molar refractivity (Wildman–Crippen MR) is 132 cm³/mol. The van der Waals surface area contributed by atoms with E-state index in [9.17, 15) is 30.3 Å². The van der Waals surface area contributed by atoms with Crippen molar-refractivity contribution in [1.29, 1.82) is 0 Å². The number of carbonyl (C=O) groups excluding carboxylic acids is 1. The highest BCUT2D eigenvalue weighted by Gasteiger charge is 2.45. The van der Waals surface area contributed by atoms with Crippen molar-refractivity contribution in [3.8, 4) is 11.5 Å². The quantitative estimate of drug-likeness (QED) is 0.241. The Morgan fingerprint density at radius 3 is 2.40 bits per heavy atom. The van der Waals surface area contributed by atoms with Crippen LogP contribution in [0.5, 0.6) is 11.5 Å². The lowest BCUT2D eigenvalue weighted by atomic mass is 9.93. The molecule has 1 heterocycles. The van der Waals surface area contributed by atoms with Crippen molar-refractivity contribution in [3.63, 3.8) is 0 Å². The average Bonchev–Trinajstić information content (AvgIpc) is 2.83. The number of benzene rings is 2. The van der Waals surface area contributed by atoms with Gasteiger partial charge in [0.25, 0.3) is 0 Å². The summed E-state index contributed by atoms with van der Waals surface area (Å²) in [6, 6.07) is 9.78. The molecule has 0 saturated carbocycles. The van der Waals surface area contributed by atoms with Gasteiger partial charge in [-0.1, -0.05) is 12.1 Å².